The number of carbonyl (C=O) groups is 2. The van der Waals surface area contributed by atoms with Gasteiger partial charge in [0, 0.05) is 17.8 Å². The summed E-state index contributed by atoms with van der Waals surface area (Å²) in [7, 11) is 1.33. The van der Waals surface area contributed by atoms with Gasteiger partial charge in [-0.05, 0) is 60.1 Å². The van der Waals surface area contributed by atoms with Crippen LogP contribution in [0.2, 0.25) is 0 Å². The second-order valence-electron chi connectivity index (χ2n) is 8.52. The van der Waals surface area contributed by atoms with Gasteiger partial charge in [-0.2, -0.15) is 0 Å². The third-order valence-corrected chi connectivity index (χ3v) is 6.18. The topological polar surface area (TPSA) is 98.3 Å². The average Bonchev–Trinajstić information content (AvgIpc) is 3.25. The summed E-state index contributed by atoms with van der Waals surface area (Å²) in [5, 5.41) is 6.22. The molecule has 3 aromatic rings. The van der Waals surface area contributed by atoms with Gasteiger partial charge in [0.15, 0.2) is 11.5 Å². The first kappa shape index (κ1) is 23.6. The summed E-state index contributed by atoms with van der Waals surface area (Å²) in [6.07, 6.45) is 0. The number of fused-ring (bicyclic) bond motifs is 2. The Morgan fingerprint density at radius 1 is 1.03 bits per heavy atom. The molecule has 0 radical (unpaired) electrons. The van der Waals surface area contributed by atoms with Gasteiger partial charge in [-0.25, -0.2) is 4.79 Å². The van der Waals surface area contributed by atoms with Crippen molar-refractivity contribution >= 4 is 29.0 Å². The van der Waals surface area contributed by atoms with Crippen molar-refractivity contribution in [3.8, 4) is 11.5 Å². The molecule has 1 unspecified atom stereocenters. The number of methoxy groups -OCH3 is 1. The van der Waals surface area contributed by atoms with Crippen LogP contribution in [0.3, 0.4) is 0 Å². The molecule has 8 heteroatoms. The molecule has 0 bridgehead atoms. The molecular formula is C28H27N3O5. The van der Waals surface area contributed by atoms with Crippen molar-refractivity contribution in [2.45, 2.75) is 19.4 Å². The highest BCUT2D eigenvalue weighted by atomic mass is 16.6. The average molecular weight is 486 g/mol. The van der Waals surface area contributed by atoms with Gasteiger partial charge in [0.1, 0.15) is 19.1 Å². The minimum Gasteiger partial charge on any atom is -0.486 e. The van der Waals surface area contributed by atoms with Crippen LogP contribution in [0.4, 0.5) is 11.4 Å². The van der Waals surface area contributed by atoms with E-state index in [1.165, 1.54) is 7.11 Å². The third kappa shape index (κ3) is 4.67. The van der Waals surface area contributed by atoms with Gasteiger partial charge < -0.3 is 24.8 Å². The number of carbonyl (C=O) groups excluding carboxylic acids is 2. The molecule has 0 saturated carbocycles. The molecule has 0 fully saturated rings. The molecule has 8 nitrogen and oxygen atoms in total. The molecular weight excluding hydrogens is 458 g/mol. The van der Waals surface area contributed by atoms with Crippen LogP contribution in [0.1, 0.15) is 39.9 Å². The van der Waals surface area contributed by atoms with Gasteiger partial charge in [-0.15, -0.1) is 0 Å². The lowest BCUT2D eigenvalue weighted by atomic mass is 9.90. The maximum absolute atomic E-state index is 13.3. The van der Waals surface area contributed by atoms with E-state index in [-0.39, 0.29) is 5.91 Å². The molecule has 2 heterocycles. The smallest absolute Gasteiger partial charge is 0.337 e. The lowest BCUT2D eigenvalue weighted by Gasteiger charge is -2.20. The highest BCUT2D eigenvalue weighted by Crippen LogP contribution is 2.39. The zero-order valence-electron chi connectivity index (χ0n) is 20.2. The monoisotopic (exact) mass is 485 g/mol. The predicted octanol–water partition coefficient (Wildman–Crippen LogP) is 4.21. The van der Waals surface area contributed by atoms with E-state index >= 15 is 0 Å². The van der Waals surface area contributed by atoms with Gasteiger partial charge in [-0.1, -0.05) is 25.1 Å². The predicted molar refractivity (Wildman–Crippen MR) is 137 cm³/mol. The second kappa shape index (κ2) is 10.2. The van der Waals surface area contributed by atoms with Crippen LogP contribution >= 0.6 is 0 Å². The lowest BCUT2D eigenvalue weighted by Crippen LogP contribution is -2.22. The van der Waals surface area contributed by atoms with E-state index in [9.17, 15) is 9.59 Å². The van der Waals surface area contributed by atoms with Crippen molar-refractivity contribution in [1.29, 1.82) is 0 Å². The molecule has 0 aromatic heterocycles. The van der Waals surface area contributed by atoms with E-state index in [1.807, 2.05) is 42.5 Å². The normalized spacial score (nSPS) is 16.3. The van der Waals surface area contributed by atoms with Crippen LogP contribution in [0.15, 0.2) is 65.7 Å². The summed E-state index contributed by atoms with van der Waals surface area (Å²) < 4.78 is 16.3. The van der Waals surface area contributed by atoms with Crippen molar-refractivity contribution in [2.24, 2.45) is 4.99 Å². The van der Waals surface area contributed by atoms with Crippen molar-refractivity contribution in [3.05, 3.63) is 82.9 Å². The number of hydrogen-bond donors (Lipinski definition) is 2. The molecule has 0 spiro atoms. The number of esters is 1. The number of ether oxygens (including phenoxy) is 3. The van der Waals surface area contributed by atoms with Crippen LogP contribution in [-0.4, -0.2) is 44.5 Å². The number of benzene rings is 3. The first-order valence-electron chi connectivity index (χ1n) is 11.9. The molecule has 5 rings (SSSR count). The molecule has 0 saturated heterocycles. The molecule has 184 valence electrons. The van der Waals surface area contributed by atoms with E-state index in [1.54, 1.807) is 18.2 Å². The zero-order chi connectivity index (χ0) is 25.1. The zero-order valence-corrected chi connectivity index (χ0v) is 20.2. The Bertz CT molecular complexity index is 1330. The van der Waals surface area contributed by atoms with Crippen LogP contribution < -0.4 is 20.1 Å². The minimum absolute atomic E-state index is 0.218. The Morgan fingerprint density at radius 3 is 2.53 bits per heavy atom. The lowest BCUT2D eigenvalue weighted by molar-refractivity contribution is -0.115. The summed E-state index contributed by atoms with van der Waals surface area (Å²) in [5.74, 6) is -0.0720. The van der Waals surface area contributed by atoms with E-state index in [2.05, 4.69) is 17.6 Å². The number of hydrogen-bond acceptors (Lipinski definition) is 7. The Labute approximate surface area is 209 Å². The summed E-state index contributed by atoms with van der Waals surface area (Å²) in [6, 6.07) is 18.6. The SMILES string of the molecule is CCNCc1ccc(N=C(c2ccc3c(c2)OCCO3)C2C(=O)Nc3cc(C(=O)OC)ccc32)cc1. The summed E-state index contributed by atoms with van der Waals surface area (Å²) in [6.45, 7) is 4.68. The first-order chi connectivity index (χ1) is 17.6. The van der Waals surface area contributed by atoms with Crippen molar-refractivity contribution in [3.63, 3.8) is 0 Å². The first-order valence-corrected chi connectivity index (χ1v) is 11.9. The summed E-state index contributed by atoms with van der Waals surface area (Å²) in [5.41, 5.74) is 4.88. The molecule has 1 atom stereocenters. The van der Waals surface area contributed by atoms with Gasteiger partial charge in [0.25, 0.3) is 0 Å². The fourth-order valence-electron chi connectivity index (χ4n) is 4.37. The number of rotatable bonds is 7. The van der Waals surface area contributed by atoms with E-state index < -0.39 is 11.9 Å². The van der Waals surface area contributed by atoms with Crippen molar-refractivity contribution in [1.82, 2.24) is 5.32 Å². The number of amides is 1. The van der Waals surface area contributed by atoms with Crippen LogP contribution in [-0.2, 0) is 16.1 Å². The second-order valence-corrected chi connectivity index (χ2v) is 8.52. The molecule has 2 N–H and O–H groups in total. The molecule has 36 heavy (non-hydrogen) atoms. The fourth-order valence-corrected chi connectivity index (χ4v) is 4.37. The maximum Gasteiger partial charge on any atom is 0.337 e. The minimum atomic E-state index is -0.671. The van der Waals surface area contributed by atoms with Crippen LogP contribution in [0.25, 0.3) is 0 Å². The third-order valence-electron chi connectivity index (χ3n) is 6.18. The number of nitrogens with zero attached hydrogens (tertiary/aromatic N) is 1. The summed E-state index contributed by atoms with van der Waals surface area (Å²) >= 11 is 0. The van der Waals surface area contributed by atoms with Gasteiger partial charge in [0.2, 0.25) is 5.91 Å². The molecule has 0 aliphatic carbocycles. The Morgan fingerprint density at radius 2 is 1.78 bits per heavy atom. The van der Waals surface area contributed by atoms with Crippen LogP contribution in [0.5, 0.6) is 11.5 Å². The highest BCUT2D eigenvalue weighted by molar-refractivity contribution is 6.24. The Hall–Kier alpha value is -4.17. The molecule has 1 amide bonds. The molecule has 3 aromatic carbocycles. The number of anilines is 1. The van der Waals surface area contributed by atoms with E-state index in [0.29, 0.717) is 41.7 Å². The largest absolute Gasteiger partial charge is 0.486 e. The van der Waals surface area contributed by atoms with E-state index in [0.717, 1.165) is 35.5 Å². The number of aliphatic imine (C=N–C) groups is 1. The molecule has 2 aliphatic rings. The maximum atomic E-state index is 13.3. The van der Waals surface area contributed by atoms with E-state index in [4.69, 9.17) is 19.2 Å². The fraction of sp³-hybridized carbons (Fsp3) is 0.250. The van der Waals surface area contributed by atoms with Crippen molar-refractivity contribution in [2.75, 3.05) is 32.2 Å². The Balaban J connectivity index is 1.58. The highest BCUT2D eigenvalue weighted by Gasteiger charge is 2.36. The van der Waals surface area contributed by atoms with Crippen LogP contribution in [0, 0.1) is 0 Å². The van der Waals surface area contributed by atoms with Gasteiger partial charge in [-0.3, -0.25) is 9.79 Å². The summed E-state index contributed by atoms with van der Waals surface area (Å²) in [4.78, 5) is 30.2. The van der Waals surface area contributed by atoms with Gasteiger partial charge >= 0.3 is 5.97 Å². The molecule has 2 aliphatic heterocycles. The quantitative estimate of drug-likeness (QED) is 0.384. The standard InChI is InChI=1S/C28H27N3O5/c1-3-29-16-17-4-8-20(9-5-17)30-26(18-7-11-23-24(15-18)36-13-12-35-23)25-21-10-6-19(28(33)34-2)14-22(21)31-27(25)32/h4-11,14-15,25,29H,3,12-13,16H2,1-2H3,(H,31,32). The van der Waals surface area contributed by atoms with Crippen molar-refractivity contribution < 1.29 is 23.8 Å². The number of nitrogens with one attached hydrogen (secondary N) is 2. The van der Waals surface area contributed by atoms with Gasteiger partial charge in [0.05, 0.1) is 24.1 Å². The Kier molecular flexibility index (Phi) is 6.69.